The summed E-state index contributed by atoms with van der Waals surface area (Å²) in [6, 6.07) is 5.77. The molecule has 1 rings (SSSR count). The van der Waals surface area contributed by atoms with E-state index in [9.17, 15) is 4.79 Å². The highest BCUT2D eigenvalue weighted by atomic mass is 79.9. The van der Waals surface area contributed by atoms with Gasteiger partial charge in [0.25, 0.3) is 0 Å². The van der Waals surface area contributed by atoms with Crippen LogP contribution in [0.1, 0.15) is 22.8 Å². The summed E-state index contributed by atoms with van der Waals surface area (Å²) in [5.41, 5.74) is 1.84. The van der Waals surface area contributed by atoms with Crippen LogP contribution in [0.25, 0.3) is 0 Å². The molecule has 0 fully saturated rings. The van der Waals surface area contributed by atoms with Gasteiger partial charge in [0.2, 0.25) is 0 Å². The van der Waals surface area contributed by atoms with E-state index in [0.29, 0.717) is 0 Å². The van der Waals surface area contributed by atoms with Crippen LogP contribution in [0, 0.1) is 6.92 Å². The molecule has 0 aliphatic carbocycles. The number of alkyl halides is 1. The Morgan fingerprint density at radius 2 is 2.08 bits per heavy atom. The highest BCUT2D eigenvalue weighted by Crippen LogP contribution is 2.21. The lowest BCUT2D eigenvalue weighted by Crippen LogP contribution is -2.10. The van der Waals surface area contributed by atoms with Gasteiger partial charge in [-0.25, -0.2) is 0 Å². The molecule has 3 heteroatoms. The number of aryl methyl sites for hydroxylation is 1. The normalized spacial score (nSPS) is 12.6. The van der Waals surface area contributed by atoms with Crippen molar-refractivity contribution in [2.45, 2.75) is 18.7 Å². The number of carbonyl (C=O) groups excluding carboxylic acids is 1. The first-order valence-electron chi connectivity index (χ1n) is 3.97. The second-order valence-electron chi connectivity index (χ2n) is 2.96. The van der Waals surface area contributed by atoms with Crippen molar-refractivity contribution in [3.8, 4) is 0 Å². The van der Waals surface area contributed by atoms with Gasteiger partial charge in [-0.05, 0) is 26.0 Å². The van der Waals surface area contributed by atoms with Gasteiger partial charge in [0.05, 0.1) is 4.83 Å². The molecule has 0 bridgehead atoms. The zero-order chi connectivity index (χ0) is 10.0. The number of ketones is 1. The molecule has 1 nitrogen and oxygen atoms in total. The molecule has 0 amide bonds. The molecule has 0 saturated heterocycles. The van der Waals surface area contributed by atoms with Crippen LogP contribution in [0.5, 0.6) is 0 Å². The first-order valence-corrected chi connectivity index (χ1v) is 5.67. The van der Waals surface area contributed by atoms with Gasteiger partial charge in [0.15, 0.2) is 5.78 Å². The first kappa shape index (κ1) is 10.9. The van der Waals surface area contributed by atoms with Gasteiger partial charge < -0.3 is 0 Å². The Balaban J connectivity index is 3.13. The second-order valence-corrected chi connectivity index (χ2v) is 5.19. The topological polar surface area (TPSA) is 17.1 Å². The van der Waals surface area contributed by atoms with Crippen LogP contribution in [-0.4, -0.2) is 10.6 Å². The van der Waals surface area contributed by atoms with Crippen molar-refractivity contribution in [2.24, 2.45) is 0 Å². The number of benzene rings is 1. The van der Waals surface area contributed by atoms with E-state index in [-0.39, 0.29) is 10.6 Å². The van der Waals surface area contributed by atoms with Crippen LogP contribution in [0.3, 0.4) is 0 Å². The molecule has 0 aliphatic rings. The standard InChI is InChI=1S/C10H10Br2O/c1-6-3-4-9(12)8(5-6)10(13)7(2)11/h3-5,7H,1-2H3. The highest BCUT2D eigenvalue weighted by Gasteiger charge is 2.14. The number of hydrogen-bond acceptors (Lipinski definition) is 1. The summed E-state index contributed by atoms with van der Waals surface area (Å²) in [6.07, 6.45) is 0. The van der Waals surface area contributed by atoms with Gasteiger partial charge in [0.1, 0.15) is 0 Å². The second kappa shape index (κ2) is 4.38. The molecule has 0 heterocycles. The number of Topliss-reactive ketones (excluding diaryl/α,β-unsaturated/α-hetero) is 1. The van der Waals surface area contributed by atoms with E-state index >= 15 is 0 Å². The monoisotopic (exact) mass is 304 g/mol. The Bertz CT molecular complexity index is 332. The first-order chi connectivity index (χ1) is 6.02. The van der Waals surface area contributed by atoms with E-state index in [1.165, 1.54) is 0 Å². The lowest BCUT2D eigenvalue weighted by atomic mass is 10.1. The van der Waals surface area contributed by atoms with Gasteiger partial charge in [-0.15, -0.1) is 0 Å². The molecular formula is C10H10Br2O. The summed E-state index contributed by atoms with van der Waals surface area (Å²) in [5.74, 6) is 0.107. The molecule has 0 N–H and O–H groups in total. The minimum atomic E-state index is -0.134. The lowest BCUT2D eigenvalue weighted by Gasteiger charge is -2.06. The predicted molar refractivity (Wildman–Crippen MR) is 61.6 cm³/mol. The van der Waals surface area contributed by atoms with E-state index in [0.717, 1.165) is 15.6 Å². The fourth-order valence-electron chi connectivity index (χ4n) is 1.04. The van der Waals surface area contributed by atoms with E-state index in [4.69, 9.17) is 0 Å². The van der Waals surface area contributed by atoms with Crippen molar-refractivity contribution in [3.05, 3.63) is 33.8 Å². The van der Waals surface area contributed by atoms with Crippen LogP contribution >= 0.6 is 31.9 Å². The molecule has 1 aromatic rings. The van der Waals surface area contributed by atoms with Crippen molar-refractivity contribution in [1.82, 2.24) is 0 Å². The third-order valence-corrected chi connectivity index (χ3v) is 2.86. The summed E-state index contributed by atoms with van der Waals surface area (Å²) < 4.78 is 0.856. The lowest BCUT2D eigenvalue weighted by molar-refractivity contribution is 0.0995. The van der Waals surface area contributed by atoms with E-state index in [1.807, 2.05) is 32.0 Å². The summed E-state index contributed by atoms with van der Waals surface area (Å²) in [7, 11) is 0. The van der Waals surface area contributed by atoms with Crippen molar-refractivity contribution >= 4 is 37.6 Å². The molecule has 1 atom stereocenters. The van der Waals surface area contributed by atoms with Crippen molar-refractivity contribution in [3.63, 3.8) is 0 Å². The summed E-state index contributed by atoms with van der Waals surface area (Å²) >= 11 is 6.62. The van der Waals surface area contributed by atoms with Gasteiger partial charge in [-0.2, -0.15) is 0 Å². The molecule has 13 heavy (non-hydrogen) atoms. The quantitative estimate of drug-likeness (QED) is 0.601. The predicted octanol–water partition coefficient (Wildman–Crippen LogP) is 3.72. The van der Waals surface area contributed by atoms with Crippen LogP contribution in [-0.2, 0) is 0 Å². The fraction of sp³-hybridized carbons (Fsp3) is 0.300. The molecule has 70 valence electrons. The zero-order valence-corrected chi connectivity index (χ0v) is 10.6. The van der Waals surface area contributed by atoms with Crippen LogP contribution in [0.15, 0.2) is 22.7 Å². The van der Waals surface area contributed by atoms with Crippen molar-refractivity contribution in [2.75, 3.05) is 0 Å². The van der Waals surface area contributed by atoms with Gasteiger partial charge in [0, 0.05) is 10.0 Å². The van der Waals surface area contributed by atoms with Crippen LogP contribution < -0.4 is 0 Å². The average Bonchev–Trinajstić information content (AvgIpc) is 2.08. The van der Waals surface area contributed by atoms with E-state index in [1.54, 1.807) is 0 Å². The molecule has 0 aromatic heterocycles. The Kier molecular flexibility index (Phi) is 3.68. The van der Waals surface area contributed by atoms with E-state index in [2.05, 4.69) is 31.9 Å². The highest BCUT2D eigenvalue weighted by molar-refractivity contribution is 9.10. The third-order valence-electron chi connectivity index (χ3n) is 1.75. The summed E-state index contributed by atoms with van der Waals surface area (Å²) in [4.78, 5) is 11.5. The SMILES string of the molecule is Cc1ccc(Br)c(C(=O)C(C)Br)c1. The molecule has 1 aromatic carbocycles. The van der Waals surface area contributed by atoms with Crippen molar-refractivity contribution in [1.29, 1.82) is 0 Å². The van der Waals surface area contributed by atoms with Crippen molar-refractivity contribution < 1.29 is 4.79 Å². The summed E-state index contributed by atoms with van der Waals surface area (Å²) in [6.45, 7) is 3.80. The molecule has 0 radical (unpaired) electrons. The molecular weight excluding hydrogens is 296 g/mol. The molecule has 1 unspecified atom stereocenters. The zero-order valence-electron chi connectivity index (χ0n) is 7.47. The van der Waals surface area contributed by atoms with Gasteiger partial charge in [-0.3, -0.25) is 4.79 Å². The average molecular weight is 306 g/mol. The number of halogens is 2. The Morgan fingerprint density at radius 3 is 2.62 bits per heavy atom. The van der Waals surface area contributed by atoms with Gasteiger partial charge in [-0.1, -0.05) is 43.5 Å². The van der Waals surface area contributed by atoms with Crippen LogP contribution in [0.4, 0.5) is 0 Å². The third kappa shape index (κ3) is 2.64. The molecule has 0 aliphatic heterocycles. The largest absolute Gasteiger partial charge is 0.293 e. The van der Waals surface area contributed by atoms with Gasteiger partial charge >= 0.3 is 0 Å². The minimum absolute atomic E-state index is 0.107. The Morgan fingerprint density at radius 1 is 1.46 bits per heavy atom. The maximum Gasteiger partial charge on any atom is 0.177 e. The maximum atomic E-state index is 11.6. The maximum absolute atomic E-state index is 11.6. The fourth-order valence-corrected chi connectivity index (χ4v) is 1.73. The van der Waals surface area contributed by atoms with Crippen LogP contribution in [0.2, 0.25) is 0 Å². The Labute approximate surface area is 94.8 Å². The molecule has 0 saturated carbocycles. The van der Waals surface area contributed by atoms with E-state index < -0.39 is 0 Å². The number of carbonyl (C=O) groups is 1. The smallest absolute Gasteiger partial charge is 0.177 e. The molecule has 0 spiro atoms. The number of hydrogen-bond donors (Lipinski definition) is 0. The minimum Gasteiger partial charge on any atom is -0.293 e. The Hall–Kier alpha value is -0.150. The summed E-state index contributed by atoms with van der Waals surface area (Å²) in [5, 5.41) is 0. The number of rotatable bonds is 2.